The van der Waals surface area contributed by atoms with Crippen molar-refractivity contribution < 1.29 is 18.8 Å². The van der Waals surface area contributed by atoms with Crippen molar-refractivity contribution in [1.82, 2.24) is 10.1 Å². The molecule has 1 saturated carbocycles. The monoisotopic (exact) mass is 379 g/mol. The minimum Gasteiger partial charge on any atom is -0.497 e. The molecule has 0 saturated heterocycles. The first-order chi connectivity index (χ1) is 13.7. The van der Waals surface area contributed by atoms with Crippen LogP contribution < -0.4 is 14.8 Å². The van der Waals surface area contributed by atoms with Crippen molar-refractivity contribution in [3.63, 3.8) is 0 Å². The zero-order chi connectivity index (χ0) is 19.5. The van der Waals surface area contributed by atoms with E-state index < -0.39 is 0 Å². The molecule has 1 aliphatic rings. The first-order valence-corrected chi connectivity index (χ1v) is 9.15. The molecule has 7 nitrogen and oxygen atoms in total. The highest BCUT2D eigenvalue weighted by molar-refractivity contribution is 6.05. The van der Waals surface area contributed by atoms with Gasteiger partial charge in [-0.2, -0.15) is 4.98 Å². The van der Waals surface area contributed by atoms with Crippen molar-refractivity contribution in [1.29, 1.82) is 0 Å². The molecule has 1 amide bonds. The molecule has 144 valence electrons. The lowest BCUT2D eigenvalue weighted by Crippen LogP contribution is -2.13. The number of nitrogens with zero attached hydrogens (tertiary/aromatic N) is 2. The van der Waals surface area contributed by atoms with Crippen LogP contribution in [0.2, 0.25) is 0 Å². The van der Waals surface area contributed by atoms with E-state index in [1.54, 1.807) is 50.6 Å². The van der Waals surface area contributed by atoms with Crippen molar-refractivity contribution in [2.75, 3.05) is 19.5 Å². The number of aromatic nitrogens is 2. The Balaban J connectivity index is 1.56. The Labute approximate surface area is 162 Å². The number of carbonyl (C=O) groups excluding carboxylic acids is 1. The maximum absolute atomic E-state index is 12.8. The maximum Gasteiger partial charge on any atom is 0.255 e. The fourth-order valence-electron chi connectivity index (χ4n) is 3.08. The summed E-state index contributed by atoms with van der Waals surface area (Å²) in [6.45, 7) is 0. The van der Waals surface area contributed by atoms with Crippen molar-refractivity contribution in [3.8, 4) is 22.9 Å². The van der Waals surface area contributed by atoms with E-state index >= 15 is 0 Å². The first-order valence-electron chi connectivity index (χ1n) is 9.15. The number of benzene rings is 2. The summed E-state index contributed by atoms with van der Waals surface area (Å²) < 4.78 is 15.9. The van der Waals surface area contributed by atoms with Crippen molar-refractivity contribution in [2.24, 2.45) is 0 Å². The molecular formula is C21H21N3O4. The van der Waals surface area contributed by atoms with Gasteiger partial charge >= 0.3 is 0 Å². The van der Waals surface area contributed by atoms with Crippen LogP contribution >= 0.6 is 0 Å². The van der Waals surface area contributed by atoms with Gasteiger partial charge in [0.25, 0.3) is 5.91 Å². The molecule has 0 radical (unpaired) electrons. The zero-order valence-corrected chi connectivity index (χ0v) is 15.8. The average molecular weight is 379 g/mol. The summed E-state index contributed by atoms with van der Waals surface area (Å²) in [5.74, 6) is 2.45. The fourth-order valence-corrected chi connectivity index (χ4v) is 3.08. The number of amides is 1. The van der Waals surface area contributed by atoms with E-state index in [2.05, 4.69) is 15.5 Å². The zero-order valence-electron chi connectivity index (χ0n) is 15.8. The van der Waals surface area contributed by atoms with Gasteiger partial charge in [0.05, 0.1) is 19.9 Å². The lowest BCUT2D eigenvalue weighted by molar-refractivity contribution is 0.102. The van der Waals surface area contributed by atoms with Crippen LogP contribution in [0.1, 0.15) is 41.4 Å². The molecule has 1 fully saturated rings. The van der Waals surface area contributed by atoms with Crippen LogP contribution in [-0.2, 0) is 0 Å². The van der Waals surface area contributed by atoms with Crippen LogP contribution in [0.3, 0.4) is 0 Å². The third-order valence-corrected chi connectivity index (χ3v) is 4.93. The summed E-state index contributed by atoms with van der Waals surface area (Å²) in [5.41, 5.74) is 1.75. The summed E-state index contributed by atoms with van der Waals surface area (Å²) in [6.07, 6.45) is 3.38. The minimum atomic E-state index is -0.267. The maximum atomic E-state index is 12.8. The van der Waals surface area contributed by atoms with E-state index in [1.165, 1.54) is 6.42 Å². The highest BCUT2D eigenvalue weighted by Crippen LogP contribution is 2.36. The van der Waals surface area contributed by atoms with Gasteiger partial charge in [0, 0.05) is 23.1 Å². The second-order valence-electron chi connectivity index (χ2n) is 6.69. The smallest absolute Gasteiger partial charge is 0.255 e. The molecule has 2 aromatic carbocycles. The standard InChI is InChI=1S/C21H21N3O4/c1-26-16-9-10-18(27-2)17(12-16)22-20(25)15-8-4-7-14(11-15)19-23-21(28-24-19)13-5-3-6-13/h4,7-13H,3,5-6H2,1-2H3,(H,22,25). The quantitative estimate of drug-likeness (QED) is 0.688. The van der Waals surface area contributed by atoms with Gasteiger partial charge in [-0.1, -0.05) is 23.7 Å². The summed E-state index contributed by atoms with van der Waals surface area (Å²) in [7, 11) is 3.12. The van der Waals surface area contributed by atoms with Crippen LogP contribution in [-0.4, -0.2) is 30.3 Å². The van der Waals surface area contributed by atoms with Gasteiger partial charge in [-0.15, -0.1) is 0 Å². The van der Waals surface area contributed by atoms with Crippen molar-refractivity contribution in [2.45, 2.75) is 25.2 Å². The second kappa shape index (κ2) is 7.72. The number of rotatable bonds is 6. The Morgan fingerprint density at radius 1 is 1.14 bits per heavy atom. The average Bonchev–Trinajstić information content (AvgIpc) is 3.16. The van der Waals surface area contributed by atoms with E-state index in [-0.39, 0.29) is 5.91 Å². The lowest BCUT2D eigenvalue weighted by atomic mass is 9.85. The number of hydrogen-bond donors (Lipinski definition) is 1. The van der Waals surface area contributed by atoms with Gasteiger partial charge in [-0.05, 0) is 37.1 Å². The molecule has 1 aromatic heterocycles. The number of methoxy groups -OCH3 is 2. The molecule has 1 heterocycles. The van der Waals surface area contributed by atoms with Gasteiger partial charge in [0.1, 0.15) is 11.5 Å². The van der Waals surface area contributed by atoms with Crippen LogP contribution in [0.15, 0.2) is 47.0 Å². The molecule has 0 atom stereocenters. The molecule has 28 heavy (non-hydrogen) atoms. The van der Waals surface area contributed by atoms with Crippen LogP contribution in [0.25, 0.3) is 11.4 Å². The van der Waals surface area contributed by atoms with E-state index in [0.717, 1.165) is 18.4 Å². The summed E-state index contributed by atoms with van der Waals surface area (Å²) >= 11 is 0. The van der Waals surface area contributed by atoms with Gasteiger partial charge < -0.3 is 19.3 Å². The van der Waals surface area contributed by atoms with Crippen molar-refractivity contribution in [3.05, 3.63) is 53.9 Å². The Kier molecular flexibility index (Phi) is 4.97. The molecule has 0 spiro atoms. The fraction of sp³-hybridized carbons (Fsp3) is 0.286. The van der Waals surface area contributed by atoms with Crippen LogP contribution in [0.4, 0.5) is 5.69 Å². The lowest BCUT2D eigenvalue weighted by Gasteiger charge is -2.20. The summed E-state index contributed by atoms with van der Waals surface area (Å²) in [5, 5.41) is 6.93. The topological polar surface area (TPSA) is 86.5 Å². The van der Waals surface area contributed by atoms with Gasteiger partial charge in [0.15, 0.2) is 0 Å². The van der Waals surface area contributed by atoms with E-state index in [4.69, 9.17) is 14.0 Å². The summed E-state index contributed by atoms with van der Waals surface area (Å²) in [6, 6.07) is 12.4. The Hall–Kier alpha value is -3.35. The van der Waals surface area contributed by atoms with Gasteiger partial charge in [-0.25, -0.2) is 0 Å². The largest absolute Gasteiger partial charge is 0.497 e. The molecular weight excluding hydrogens is 358 g/mol. The van der Waals surface area contributed by atoms with Crippen LogP contribution in [0.5, 0.6) is 11.5 Å². The Morgan fingerprint density at radius 3 is 2.71 bits per heavy atom. The number of hydrogen-bond acceptors (Lipinski definition) is 6. The predicted molar refractivity (Wildman–Crippen MR) is 104 cm³/mol. The molecule has 0 unspecified atom stereocenters. The van der Waals surface area contributed by atoms with E-state index in [9.17, 15) is 4.79 Å². The van der Waals surface area contributed by atoms with Crippen LogP contribution in [0, 0.1) is 0 Å². The van der Waals surface area contributed by atoms with Gasteiger partial charge in [0.2, 0.25) is 11.7 Å². The molecule has 3 aromatic rings. The number of ether oxygens (including phenoxy) is 2. The second-order valence-corrected chi connectivity index (χ2v) is 6.69. The molecule has 7 heteroatoms. The molecule has 0 bridgehead atoms. The highest BCUT2D eigenvalue weighted by Gasteiger charge is 2.25. The normalized spacial score (nSPS) is 13.6. The Bertz CT molecular complexity index is 995. The van der Waals surface area contributed by atoms with E-state index in [0.29, 0.717) is 40.4 Å². The van der Waals surface area contributed by atoms with Crippen molar-refractivity contribution >= 4 is 11.6 Å². The van der Waals surface area contributed by atoms with E-state index in [1.807, 2.05) is 6.07 Å². The summed E-state index contributed by atoms with van der Waals surface area (Å²) in [4.78, 5) is 17.3. The van der Waals surface area contributed by atoms with Gasteiger partial charge in [-0.3, -0.25) is 4.79 Å². The highest BCUT2D eigenvalue weighted by atomic mass is 16.5. The third kappa shape index (κ3) is 3.55. The number of nitrogens with one attached hydrogen (secondary N) is 1. The first kappa shape index (κ1) is 18.0. The SMILES string of the molecule is COc1ccc(OC)c(NC(=O)c2cccc(-c3noc(C4CCC4)n3)c2)c1. The molecule has 4 rings (SSSR count). The number of anilines is 1. The third-order valence-electron chi connectivity index (χ3n) is 4.93. The molecule has 0 aliphatic heterocycles. The Morgan fingerprint density at radius 2 is 2.00 bits per heavy atom. The molecule has 1 aliphatic carbocycles. The predicted octanol–water partition coefficient (Wildman–Crippen LogP) is 4.27. The minimum absolute atomic E-state index is 0.267. The number of carbonyl (C=O) groups is 1. The molecule has 1 N–H and O–H groups in total.